The average Bonchev–Trinajstić information content (AvgIpc) is 1.12. The first-order chi connectivity index (χ1) is 4.00. The maximum atomic E-state index is 9.11. The quantitative estimate of drug-likeness (QED) is 0.282. The van der Waals surface area contributed by atoms with Gasteiger partial charge in [-0.3, -0.25) is 18.2 Å². The molecule has 0 amide bonds. The zero-order valence-corrected chi connectivity index (χ0v) is 13.0. The van der Waals surface area contributed by atoms with Crippen LogP contribution in [0.2, 0.25) is 0 Å². The summed E-state index contributed by atoms with van der Waals surface area (Å²) in [6.45, 7) is 0. The minimum Gasteiger partial charge on any atom is -1.00 e. The second-order valence-corrected chi connectivity index (χ2v) is 5.29. The summed E-state index contributed by atoms with van der Waals surface area (Å²) < 4.78 is 47.9. The van der Waals surface area contributed by atoms with Crippen molar-refractivity contribution in [1.82, 2.24) is 0 Å². The Morgan fingerprint density at radius 2 is 0.917 bits per heavy atom. The van der Waals surface area contributed by atoms with Gasteiger partial charge in [-0.1, -0.05) is 0 Å². The van der Waals surface area contributed by atoms with Gasteiger partial charge in [0.2, 0.25) is 0 Å². The first kappa shape index (κ1) is 23.9. The molecule has 0 heterocycles. The van der Waals surface area contributed by atoms with Gasteiger partial charge in [-0.25, -0.2) is 0 Å². The molecule has 0 spiro atoms. The van der Waals surface area contributed by atoms with Gasteiger partial charge in [0, 0.05) is 44.8 Å². The molecule has 0 rings (SSSR count). The summed E-state index contributed by atoms with van der Waals surface area (Å²) in [4.78, 5) is 0. The summed E-state index contributed by atoms with van der Waals surface area (Å²) >= 11 is 6.93. The molecular formula is H5AuNaO6S4. The van der Waals surface area contributed by atoms with Crippen molar-refractivity contribution in [3.05, 3.63) is 0 Å². The van der Waals surface area contributed by atoms with Crippen molar-refractivity contribution >= 4 is 40.5 Å². The van der Waals surface area contributed by atoms with Crippen LogP contribution in [0.15, 0.2) is 0 Å². The van der Waals surface area contributed by atoms with E-state index in [4.69, 9.17) is 26.6 Å². The van der Waals surface area contributed by atoms with E-state index in [0.717, 1.165) is 0 Å². The van der Waals surface area contributed by atoms with E-state index in [1.807, 2.05) is 0 Å². The van der Waals surface area contributed by atoms with Crippen molar-refractivity contribution in [2.75, 3.05) is 0 Å². The second-order valence-electron chi connectivity index (χ2n) is 0.896. The molecule has 0 atom stereocenters. The number of hydrogen-bond acceptors (Lipinski definition) is 4. The summed E-state index contributed by atoms with van der Waals surface area (Å²) in [5.74, 6) is 0. The van der Waals surface area contributed by atoms with E-state index in [2.05, 4.69) is 22.4 Å². The summed E-state index contributed by atoms with van der Waals surface area (Å²) in [5.41, 5.74) is 0. The van der Waals surface area contributed by atoms with Crippen molar-refractivity contribution in [2.24, 2.45) is 0 Å². The normalized spacial score (nSPS) is 9.67. The SMILES string of the molecule is O=S(O)(O)=S.O=S(O)(O)=S.[Au].[H-].[Na+]. The third-order valence-corrected chi connectivity index (χ3v) is 0. The molecule has 1 radical (unpaired) electrons. The van der Waals surface area contributed by atoms with E-state index >= 15 is 0 Å². The second kappa shape index (κ2) is 9.86. The van der Waals surface area contributed by atoms with Crippen LogP contribution >= 0.6 is 0 Å². The molecular weight excluding hydrogens is 444 g/mol. The molecule has 0 aromatic heterocycles. The van der Waals surface area contributed by atoms with Gasteiger partial charge in [-0.15, -0.1) is 0 Å². The van der Waals surface area contributed by atoms with E-state index in [9.17, 15) is 0 Å². The van der Waals surface area contributed by atoms with Crippen LogP contribution in [-0.4, -0.2) is 26.6 Å². The van der Waals surface area contributed by atoms with Crippen LogP contribution in [0.5, 0.6) is 0 Å². The Bertz CT molecular complexity index is 221. The third kappa shape index (κ3) is 293. The van der Waals surface area contributed by atoms with Crippen molar-refractivity contribution in [2.45, 2.75) is 0 Å². The van der Waals surface area contributed by atoms with Crippen molar-refractivity contribution in [1.29, 1.82) is 0 Å². The molecule has 0 saturated heterocycles. The van der Waals surface area contributed by atoms with Gasteiger partial charge in [0.15, 0.2) is 0 Å². The monoisotopic (exact) mass is 449 g/mol. The molecule has 4 N–H and O–H groups in total. The van der Waals surface area contributed by atoms with Gasteiger partial charge < -0.3 is 1.43 Å². The molecule has 0 aromatic rings. The van der Waals surface area contributed by atoms with Gasteiger partial charge in [0.1, 0.15) is 0 Å². The van der Waals surface area contributed by atoms with Crippen LogP contribution in [0.25, 0.3) is 0 Å². The van der Waals surface area contributed by atoms with E-state index < -0.39 is 18.1 Å². The van der Waals surface area contributed by atoms with Crippen LogP contribution in [0.3, 0.4) is 0 Å². The molecule has 12 heteroatoms. The Kier molecular flexibility index (Phi) is 19.6. The Morgan fingerprint density at radius 3 is 0.917 bits per heavy atom. The zero-order chi connectivity index (χ0) is 9.00. The summed E-state index contributed by atoms with van der Waals surface area (Å²) in [7, 11) is -7.67. The fourth-order valence-corrected chi connectivity index (χ4v) is 0. The molecule has 0 aliphatic heterocycles. The Balaban J connectivity index is -0.0000000267. The van der Waals surface area contributed by atoms with Gasteiger partial charge in [-0.05, 0) is 0 Å². The Morgan fingerprint density at radius 1 is 0.917 bits per heavy atom. The van der Waals surface area contributed by atoms with Crippen LogP contribution in [0, 0.1) is 0 Å². The van der Waals surface area contributed by atoms with Gasteiger partial charge in [-0.2, -0.15) is 8.42 Å². The fourth-order valence-electron chi connectivity index (χ4n) is 0. The van der Waals surface area contributed by atoms with E-state index in [1.165, 1.54) is 0 Å². The van der Waals surface area contributed by atoms with E-state index in [0.29, 0.717) is 0 Å². The fraction of sp³-hybridized carbons (Fsp3) is 0. The van der Waals surface area contributed by atoms with Crippen molar-refractivity contribution in [3.63, 3.8) is 0 Å². The first-order valence-corrected chi connectivity index (χ1v) is 6.19. The molecule has 12 heavy (non-hydrogen) atoms. The van der Waals surface area contributed by atoms with Crippen LogP contribution in [-0.2, 0) is 62.9 Å². The number of hydrogen-bond donors (Lipinski definition) is 4. The molecule has 6 nitrogen and oxygen atoms in total. The van der Waals surface area contributed by atoms with Crippen LogP contribution in [0.1, 0.15) is 1.43 Å². The Labute approximate surface area is 119 Å². The largest absolute Gasteiger partial charge is 1.00 e. The predicted molar refractivity (Wildman–Crippen MR) is 42.6 cm³/mol. The maximum Gasteiger partial charge on any atom is 1.00 e. The van der Waals surface area contributed by atoms with Gasteiger partial charge >= 0.3 is 29.6 Å². The smallest absolute Gasteiger partial charge is 1.00 e. The molecule has 0 unspecified atom stereocenters. The topological polar surface area (TPSA) is 115 Å². The minimum atomic E-state index is -3.83. The molecule has 0 aromatic carbocycles. The van der Waals surface area contributed by atoms with E-state index in [-0.39, 0.29) is 53.4 Å². The average molecular weight is 449 g/mol. The van der Waals surface area contributed by atoms with Crippen molar-refractivity contribution < 1.29 is 80.0 Å². The molecule has 0 aliphatic rings. The van der Waals surface area contributed by atoms with E-state index in [1.54, 1.807) is 0 Å². The van der Waals surface area contributed by atoms with Crippen molar-refractivity contribution in [3.8, 4) is 0 Å². The molecule has 0 aliphatic carbocycles. The summed E-state index contributed by atoms with van der Waals surface area (Å²) in [6, 6.07) is 0. The molecule has 0 saturated carbocycles. The molecule has 0 bridgehead atoms. The third-order valence-electron chi connectivity index (χ3n) is 0. The Hall–Kier alpha value is 2.32. The minimum absolute atomic E-state index is 0. The van der Waals surface area contributed by atoms with Crippen LogP contribution in [0.4, 0.5) is 0 Å². The van der Waals surface area contributed by atoms with Gasteiger partial charge in [0.25, 0.3) is 18.1 Å². The summed E-state index contributed by atoms with van der Waals surface area (Å²) in [5, 5.41) is 0. The van der Waals surface area contributed by atoms with Crippen LogP contribution < -0.4 is 29.6 Å². The van der Waals surface area contributed by atoms with Gasteiger partial charge in [0.05, 0.1) is 0 Å². The predicted octanol–water partition coefficient (Wildman–Crippen LogP) is -3.53. The first-order valence-electron chi connectivity index (χ1n) is 1.40. The summed E-state index contributed by atoms with van der Waals surface area (Å²) in [6.07, 6.45) is 0. The molecule has 77 valence electrons. The zero-order valence-electron chi connectivity index (χ0n) is 6.54. The maximum absolute atomic E-state index is 9.11. The molecule has 0 fully saturated rings. The standard InChI is InChI=1S/Au.Na.2H2O3S2.H/c;;2*1-5(2,3)4;/h;;2*(H2,1,2,3,4);/q;+1;;;-1. The number of rotatable bonds is 0.